The van der Waals surface area contributed by atoms with Gasteiger partial charge in [-0.05, 0) is 46.9 Å². The van der Waals surface area contributed by atoms with E-state index in [1.54, 1.807) is 0 Å². The van der Waals surface area contributed by atoms with E-state index >= 15 is 0 Å². The molecule has 0 saturated heterocycles. The SMILES string of the molecule is C1=C(c2ccccc2)NC(n2c3ccccc3c3ccc4c(c32)Oc2c(ccc3ccccc23)O4)=NC1c1ccccc1. The lowest BCUT2D eigenvalue weighted by molar-refractivity contribution is 0.366. The van der Waals surface area contributed by atoms with Gasteiger partial charge in [0.25, 0.3) is 0 Å². The Bertz CT molecular complexity index is 2270. The Morgan fingerprint density at radius 3 is 2.14 bits per heavy atom. The van der Waals surface area contributed by atoms with Crippen molar-refractivity contribution >= 4 is 44.2 Å². The number of aromatic nitrogens is 1. The van der Waals surface area contributed by atoms with Crippen molar-refractivity contribution in [3.63, 3.8) is 0 Å². The fraction of sp³-hybridized carbons (Fsp3) is 0.0263. The maximum Gasteiger partial charge on any atom is 0.208 e. The van der Waals surface area contributed by atoms with Gasteiger partial charge in [0.1, 0.15) is 5.52 Å². The lowest BCUT2D eigenvalue weighted by Gasteiger charge is -2.26. The van der Waals surface area contributed by atoms with Crippen molar-refractivity contribution in [2.24, 2.45) is 4.99 Å². The molecule has 1 atom stereocenters. The first-order chi connectivity index (χ1) is 21.3. The summed E-state index contributed by atoms with van der Waals surface area (Å²) in [4.78, 5) is 5.31. The summed E-state index contributed by atoms with van der Waals surface area (Å²) in [6.45, 7) is 0. The van der Waals surface area contributed by atoms with Gasteiger partial charge in [-0.3, -0.25) is 4.57 Å². The minimum Gasteiger partial charge on any atom is -0.449 e. The van der Waals surface area contributed by atoms with Crippen molar-refractivity contribution in [3.05, 3.63) is 151 Å². The molecule has 0 bridgehead atoms. The number of fused-ring (bicyclic) bond motifs is 8. The number of benzene rings is 6. The summed E-state index contributed by atoms with van der Waals surface area (Å²) in [7, 11) is 0. The summed E-state index contributed by atoms with van der Waals surface area (Å²) in [5.41, 5.74) is 5.16. The topological polar surface area (TPSA) is 47.8 Å². The van der Waals surface area contributed by atoms with Crippen molar-refractivity contribution < 1.29 is 9.47 Å². The van der Waals surface area contributed by atoms with E-state index in [0.29, 0.717) is 17.2 Å². The van der Waals surface area contributed by atoms with Crippen molar-refractivity contribution in [2.45, 2.75) is 6.04 Å². The van der Waals surface area contributed by atoms with E-state index in [4.69, 9.17) is 14.5 Å². The third-order valence-corrected chi connectivity index (χ3v) is 8.29. The fourth-order valence-electron chi connectivity index (χ4n) is 6.28. The molecule has 1 unspecified atom stereocenters. The third-order valence-electron chi connectivity index (χ3n) is 8.29. The van der Waals surface area contributed by atoms with Gasteiger partial charge in [0, 0.05) is 21.9 Å². The minimum absolute atomic E-state index is 0.176. The van der Waals surface area contributed by atoms with Gasteiger partial charge in [0.15, 0.2) is 23.0 Å². The maximum atomic E-state index is 6.84. The summed E-state index contributed by atoms with van der Waals surface area (Å²) in [6.07, 6.45) is 2.19. The molecule has 1 N–H and O–H groups in total. The summed E-state index contributed by atoms with van der Waals surface area (Å²) in [5.74, 6) is 3.51. The van der Waals surface area contributed by atoms with Gasteiger partial charge in [-0.15, -0.1) is 0 Å². The van der Waals surface area contributed by atoms with Crippen LogP contribution in [0, 0.1) is 0 Å². The van der Waals surface area contributed by atoms with Crippen molar-refractivity contribution in [1.82, 2.24) is 9.88 Å². The van der Waals surface area contributed by atoms with Crippen LogP contribution >= 0.6 is 0 Å². The van der Waals surface area contributed by atoms with Crippen LogP contribution in [0.2, 0.25) is 0 Å². The number of hydrogen-bond donors (Lipinski definition) is 1. The number of para-hydroxylation sites is 1. The van der Waals surface area contributed by atoms with E-state index in [1.807, 2.05) is 36.4 Å². The second-order valence-corrected chi connectivity index (χ2v) is 10.8. The zero-order valence-corrected chi connectivity index (χ0v) is 23.1. The Kier molecular flexibility index (Phi) is 5.19. The molecule has 0 aliphatic carbocycles. The number of ether oxygens (including phenoxy) is 2. The van der Waals surface area contributed by atoms with Gasteiger partial charge in [-0.2, -0.15) is 0 Å². The Hall–Kier alpha value is -5.81. The highest BCUT2D eigenvalue weighted by atomic mass is 16.6. The minimum atomic E-state index is -0.176. The maximum absolute atomic E-state index is 6.84. The number of nitrogens with zero attached hydrogens (tertiary/aromatic N) is 2. The van der Waals surface area contributed by atoms with Gasteiger partial charge in [-0.25, -0.2) is 4.99 Å². The van der Waals surface area contributed by atoms with Crippen LogP contribution in [0.3, 0.4) is 0 Å². The second kappa shape index (κ2) is 9.36. The van der Waals surface area contributed by atoms with Crippen molar-refractivity contribution in [3.8, 4) is 23.0 Å². The quantitative estimate of drug-likeness (QED) is 0.231. The Labute approximate surface area is 247 Å². The van der Waals surface area contributed by atoms with E-state index in [1.165, 1.54) is 0 Å². The van der Waals surface area contributed by atoms with Crippen LogP contribution in [-0.2, 0) is 0 Å². The second-order valence-electron chi connectivity index (χ2n) is 10.8. The van der Waals surface area contributed by atoms with Gasteiger partial charge in [0.2, 0.25) is 5.96 Å². The molecular formula is C38H25N3O2. The van der Waals surface area contributed by atoms with Gasteiger partial charge in [-0.1, -0.05) is 109 Å². The first kappa shape index (κ1) is 23.9. The van der Waals surface area contributed by atoms with E-state index < -0.39 is 0 Å². The van der Waals surface area contributed by atoms with Crippen LogP contribution in [0.4, 0.5) is 0 Å². The molecule has 5 heteroatoms. The highest BCUT2D eigenvalue weighted by Crippen LogP contribution is 2.52. The molecule has 3 heterocycles. The predicted molar refractivity (Wildman–Crippen MR) is 173 cm³/mol. The average Bonchev–Trinajstić information content (AvgIpc) is 3.43. The molecule has 204 valence electrons. The Morgan fingerprint density at radius 2 is 1.28 bits per heavy atom. The smallest absolute Gasteiger partial charge is 0.208 e. The molecule has 5 nitrogen and oxygen atoms in total. The average molecular weight is 556 g/mol. The van der Waals surface area contributed by atoms with Gasteiger partial charge >= 0.3 is 0 Å². The monoisotopic (exact) mass is 555 g/mol. The fourth-order valence-corrected chi connectivity index (χ4v) is 6.28. The third kappa shape index (κ3) is 3.75. The molecule has 7 aromatic rings. The highest BCUT2D eigenvalue weighted by Gasteiger charge is 2.29. The Balaban J connectivity index is 1.30. The van der Waals surface area contributed by atoms with Crippen molar-refractivity contribution in [2.75, 3.05) is 0 Å². The number of aliphatic imine (C=N–C) groups is 1. The summed E-state index contributed by atoms with van der Waals surface area (Å²) in [6, 6.07) is 45.5. The van der Waals surface area contributed by atoms with Gasteiger partial charge < -0.3 is 14.8 Å². The highest BCUT2D eigenvalue weighted by molar-refractivity contribution is 6.17. The first-order valence-corrected chi connectivity index (χ1v) is 14.4. The number of nitrogens with one attached hydrogen (secondary N) is 1. The summed E-state index contributed by atoms with van der Waals surface area (Å²) >= 11 is 0. The van der Waals surface area contributed by atoms with Crippen LogP contribution in [-0.4, -0.2) is 10.5 Å². The van der Waals surface area contributed by atoms with E-state index in [2.05, 4.69) is 113 Å². The lowest BCUT2D eigenvalue weighted by Crippen LogP contribution is -2.32. The molecule has 0 saturated carbocycles. The van der Waals surface area contributed by atoms with E-state index in [0.717, 1.165) is 61.1 Å². The molecular weight excluding hydrogens is 530 g/mol. The molecule has 43 heavy (non-hydrogen) atoms. The largest absolute Gasteiger partial charge is 0.449 e. The molecule has 9 rings (SSSR count). The van der Waals surface area contributed by atoms with Crippen LogP contribution in [0.25, 0.3) is 38.3 Å². The molecule has 2 aliphatic heterocycles. The first-order valence-electron chi connectivity index (χ1n) is 14.4. The molecule has 0 amide bonds. The number of hydrogen-bond acceptors (Lipinski definition) is 4. The molecule has 0 spiro atoms. The van der Waals surface area contributed by atoms with Crippen LogP contribution in [0.5, 0.6) is 23.0 Å². The number of rotatable bonds is 2. The summed E-state index contributed by atoms with van der Waals surface area (Å²) < 4.78 is 15.5. The van der Waals surface area contributed by atoms with E-state index in [9.17, 15) is 0 Å². The molecule has 2 aliphatic rings. The molecule has 0 radical (unpaired) electrons. The molecule has 0 fully saturated rings. The standard InChI is InChI=1S/C38H25N3O2/c1-3-12-25(13-4-1)30-23-31(26-14-5-2-6-15-26)40-38(39-30)41-32-18-10-9-17-28(32)29-20-22-34-37(35(29)41)43-36-27-16-8-7-11-24(27)19-21-33(36)42-34/h1-23,30H,(H,39,40). The van der Waals surface area contributed by atoms with Crippen LogP contribution in [0.1, 0.15) is 17.2 Å². The van der Waals surface area contributed by atoms with Gasteiger partial charge in [0.05, 0.1) is 11.6 Å². The normalized spacial score (nSPS) is 15.6. The zero-order chi connectivity index (χ0) is 28.3. The Morgan fingerprint density at radius 1 is 0.581 bits per heavy atom. The van der Waals surface area contributed by atoms with Crippen molar-refractivity contribution in [1.29, 1.82) is 0 Å². The zero-order valence-electron chi connectivity index (χ0n) is 23.1. The predicted octanol–water partition coefficient (Wildman–Crippen LogP) is 9.44. The lowest BCUT2D eigenvalue weighted by atomic mass is 10.0. The molecule has 6 aromatic carbocycles. The van der Waals surface area contributed by atoms with Crippen LogP contribution in [0.15, 0.2) is 145 Å². The summed E-state index contributed by atoms with van der Waals surface area (Å²) in [5, 5.41) is 7.98. The van der Waals surface area contributed by atoms with E-state index in [-0.39, 0.29) is 6.04 Å². The molecule has 1 aromatic heterocycles. The van der Waals surface area contributed by atoms with Crippen LogP contribution < -0.4 is 14.8 Å².